The second-order valence-corrected chi connectivity index (χ2v) is 5.85. The summed E-state index contributed by atoms with van der Waals surface area (Å²) in [5.41, 5.74) is 5.96. The summed E-state index contributed by atoms with van der Waals surface area (Å²) in [6, 6.07) is 4.39. The first-order valence-corrected chi connectivity index (χ1v) is 7.73. The van der Waals surface area contributed by atoms with E-state index in [-0.39, 0.29) is 6.04 Å². The molecule has 19 heavy (non-hydrogen) atoms. The Morgan fingerprint density at radius 1 is 1.32 bits per heavy atom. The van der Waals surface area contributed by atoms with Crippen molar-refractivity contribution in [3.05, 3.63) is 23.7 Å². The molecule has 2 rings (SSSR count). The topological polar surface area (TPSA) is 42.4 Å². The minimum atomic E-state index is 0.224. The molecule has 1 atom stereocenters. The van der Waals surface area contributed by atoms with Gasteiger partial charge in [0.1, 0.15) is 11.5 Å². The number of nitrogens with two attached hydrogens (primary N) is 1. The van der Waals surface area contributed by atoms with E-state index < -0.39 is 0 Å². The zero-order chi connectivity index (χ0) is 13.7. The first-order valence-electron chi connectivity index (χ1n) is 7.73. The van der Waals surface area contributed by atoms with Crippen molar-refractivity contribution in [1.82, 2.24) is 4.90 Å². The van der Waals surface area contributed by atoms with Crippen LogP contribution < -0.4 is 5.73 Å². The predicted octanol–water partition coefficient (Wildman–Crippen LogP) is 3.35. The van der Waals surface area contributed by atoms with Gasteiger partial charge in [0.05, 0.1) is 6.04 Å². The van der Waals surface area contributed by atoms with Gasteiger partial charge in [-0.2, -0.15) is 0 Å². The number of likely N-dealkylation sites (N-methyl/N-ethyl adjacent to an activating group) is 1. The smallest absolute Gasteiger partial charge is 0.122 e. The van der Waals surface area contributed by atoms with Gasteiger partial charge in [0.15, 0.2) is 0 Å². The van der Waals surface area contributed by atoms with Crippen LogP contribution in [-0.2, 0) is 6.42 Å². The quantitative estimate of drug-likeness (QED) is 0.856. The van der Waals surface area contributed by atoms with Crippen LogP contribution >= 0.6 is 0 Å². The molecular formula is C16H28N2O. The third-order valence-corrected chi connectivity index (χ3v) is 4.39. The number of nitrogens with zero attached hydrogens (tertiary/aromatic N) is 1. The molecule has 3 heteroatoms. The largest absolute Gasteiger partial charge is 0.464 e. The molecule has 0 aliphatic heterocycles. The lowest BCUT2D eigenvalue weighted by Gasteiger charge is -2.31. The lowest BCUT2D eigenvalue weighted by molar-refractivity contribution is 0.168. The number of rotatable bonds is 6. The van der Waals surface area contributed by atoms with E-state index in [0.717, 1.165) is 30.4 Å². The highest BCUT2D eigenvalue weighted by Gasteiger charge is 2.23. The highest BCUT2D eigenvalue weighted by molar-refractivity contribution is 5.11. The zero-order valence-corrected chi connectivity index (χ0v) is 12.4. The van der Waals surface area contributed by atoms with Gasteiger partial charge in [-0.05, 0) is 37.9 Å². The fourth-order valence-corrected chi connectivity index (χ4v) is 3.18. The second kappa shape index (κ2) is 7.11. The third kappa shape index (κ3) is 3.83. The standard InChI is InChI=1S/C16H28N2O/c1-3-14-9-10-16(19-14)15(11-17)18(2)12-13-7-5-4-6-8-13/h9-10,13,15H,3-8,11-12,17H2,1-2H3. The highest BCUT2D eigenvalue weighted by atomic mass is 16.3. The molecule has 1 aliphatic rings. The minimum absolute atomic E-state index is 0.224. The van der Waals surface area contributed by atoms with Crippen molar-refractivity contribution in [3.8, 4) is 0 Å². The van der Waals surface area contributed by atoms with Crippen molar-refractivity contribution in [2.24, 2.45) is 11.7 Å². The Morgan fingerprint density at radius 2 is 2.05 bits per heavy atom. The summed E-state index contributed by atoms with van der Waals surface area (Å²) in [5, 5.41) is 0. The first kappa shape index (κ1) is 14.6. The molecule has 1 heterocycles. The van der Waals surface area contributed by atoms with Gasteiger partial charge in [0.25, 0.3) is 0 Å². The Kier molecular flexibility index (Phi) is 5.46. The van der Waals surface area contributed by atoms with E-state index in [4.69, 9.17) is 10.2 Å². The van der Waals surface area contributed by atoms with Crippen molar-refractivity contribution < 1.29 is 4.42 Å². The molecule has 0 aromatic carbocycles. The zero-order valence-electron chi connectivity index (χ0n) is 12.4. The SMILES string of the molecule is CCc1ccc(C(CN)N(C)CC2CCCCC2)o1. The molecule has 0 radical (unpaired) electrons. The van der Waals surface area contributed by atoms with Gasteiger partial charge >= 0.3 is 0 Å². The van der Waals surface area contributed by atoms with E-state index in [2.05, 4.69) is 31.0 Å². The lowest BCUT2D eigenvalue weighted by atomic mass is 9.88. The van der Waals surface area contributed by atoms with Crippen molar-refractivity contribution in [3.63, 3.8) is 0 Å². The average Bonchev–Trinajstić information content (AvgIpc) is 2.89. The molecule has 1 aliphatic carbocycles. The van der Waals surface area contributed by atoms with E-state index >= 15 is 0 Å². The van der Waals surface area contributed by atoms with Gasteiger partial charge in [-0.3, -0.25) is 4.90 Å². The summed E-state index contributed by atoms with van der Waals surface area (Å²) < 4.78 is 5.87. The molecule has 1 fully saturated rings. The molecule has 2 N–H and O–H groups in total. The summed E-state index contributed by atoms with van der Waals surface area (Å²) in [4.78, 5) is 2.38. The van der Waals surface area contributed by atoms with Gasteiger partial charge in [0, 0.05) is 19.5 Å². The summed E-state index contributed by atoms with van der Waals surface area (Å²) in [6.07, 6.45) is 7.90. The summed E-state index contributed by atoms with van der Waals surface area (Å²) in [7, 11) is 2.18. The lowest BCUT2D eigenvalue weighted by Crippen LogP contribution is -2.34. The van der Waals surface area contributed by atoms with E-state index in [1.807, 2.05) is 0 Å². The number of hydrogen-bond donors (Lipinski definition) is 1. The van der Waals surface area contributed by atoms with E-state index in [1.165, 1.54) is 32.1 Å². The number of aryl methyl sites for hydroxylation is 1. The van der Waals surface area contributed by atoms with Crippen molar-refractivity contribution in [1.29, 1.82) is 0 Å². The fraction of sp³-hybridized carbons (Fsp3) is 0.750. The molecule has 0 spiro atoms. The second-order valence-electron chi connectivity index (χ2n) is 5.85. The Balaban J connectivity index is 1.95. The molecule has 1 saturated carbocycles. The molecule has 0 bridgehead atoms. The van der Waals surface area contributed by atoms with Crippen LogP contribution in [0.5, 0.6) is 0 Å². The summed E-state index contributed by atoms with van der Waals surface area (Å²) in [5.74, 6) is 2.92. The molecule has 1 aromatic rings. The fourth-order valence-electron chi connectivity index (χ4n) is 3.18. The molecular weight excluding hydrogens is 236 g/mol. The normalized spacial score (nSPS) is 18.9. The Bertz CT molecular complexity index is 369. The molecule has 0 saturated heterocycles. The van der Waals surface area contributed by atoms with Crippen LogP contribution in [0.1, 0.15) is 56.6 Å². The first-order chi connectivity index (χ1) is 9.24. The number of hydrogen-bond acceptors (Lipinski definition) is 3. The van der Waals surface area contributed by atoms with E-state index in [0.29, 0.717) is 6.54 Å². The van der Waals surface area contributed by atoms with Gasteiger partial charge in [-0.1, -0.05) is 26.2 Å². The minimum Gasteiger partial charge on any atom is -0.464 e. The average molecular weight is 264 g/mol. The summed E-state index contributed by atoms with van der Waals surface area (Å²) >= 11 is 0. The highest BCUT2D eigenvalue weighted by Crippen LogP contribution is 2.27. The summed E-state index contributed by atoms with van der Waals surface area (Å²) in [6.45, 7) is 3.88. The van der Waals surface area contributed by atoms with E-state index in [1.54, 1.807) is 0 Å². The molecule has 0 amide bonds. The van der Waals surface area contributed by atoms with Crippen molar-refractivity contribution >= 4 is 0 Å². The van der Waals surface area contributed by atoms with Crippen molar-refractivity contribution in [2.75, 3.05) is 20.1 Å². The van der Waals surface area contributed by atoms with Crippen LogP contribution in [0.4, 0.5) is 0 Å². The van der Waals surface area contributed by atoms with Crippen LogP contribution in [0.3, 0.4) is 0 Å². The maximum absolute atomic E-state index is 5.96. The van der Waals surface area contributed by atoms with Crippen LogP contribution in [0.2, 0.25) is 0 Å². The molecule has 1 aromatic heterocycles. The van der Waals surface area contributed by atoms with Gasteiger partial charge in [0.2, 0.25) is 0 Å². The van der Waals surface area contributed by atoms with Crippen molar-refractivity contribution in [2.45, 2.75) is 51.5 Å². The maximum Gasteiger partial charge on any atom is 0.122 e. The maximum atomic E-state index is 5.96. The van der Waals surface area contributed by atoms with Crippen LogP contribution in [0.25, 0.3) is 0 Å². The Hall–Kier alpha value is -0.800. The van der Waals surface area contributed by atoms with Gasteiger partial charge < -0.3 is 10.2 Å². The van der Waals surface area contributed by atoms with Gasteiger partial charge in [-0.25, -0.2) is 0 Å². The van der Waals surface area contributed by atoms with Crippen LogP contribution in [0, 0.1) is 5.92 Å². The third-order valence-electron chi connectivity index (χ3n) is 4.39. The van der Waals surface area contributed by atoms with E-state index in [9.17, 15) is 0 Å². The number of furan rings is 1. The monoisotopic (exact) mass is 264 g/mol. The Morgan fingerprint density at radius 3 is 2.63 bits per heavy atom. The van der Waals surface area contributed by atoms with Crippen LogP contribution in [0.15, 0.2) is 16.5 Å². The Labute approximate surface area is 117 Å². The molecule has 108 valence electrons. The van der Waals surface area contributed by atoms with Gasteiger partial charge in [-0.15, -0.1) is 0 Å². The predicted molar refractivity (Wildman–Crippen MR) is 79.1 cm³/mol. The van der Waals surface area contributed by atoms with Crippen LogP contribution in [-0.4, -0.2) is 25.0 Å². The molecule has 3 nitrogen and oxygen atoms in total. The molecule has 1 unspecified atom stereocenters.